The predicted octanol–water partition coefficient (Wildman–Crippen LogP) is 11.9. The highest BCUT2D eigenvalue weighted by atomic mass is 16.5. The van der Waals surface area contributed by atoms with Crippen LogP contribution < -0.4 is 4.74 Å². The van der Waals surface area contributed by atoms with E-state index in [1.54, 1.807) is 0 Å². The Labute approximate surface area is 299 Å². The minimum absolute atomic E-state index is 0.165. The van der Waals surface area contributed by atoms with Gasteiger partial charge in [-0.15, -0.1) is 0 Å². The number of benzene rings is 7. The van der Waals surface area contributed by atoms with Gasteiger partial charge in [0.15, 0.2) is 0 Å². The van der Waals surface area contributed by atoms with Gasteiger partial charge in [-0.2, -0.15) is 0 Å². The van der Waals surface area contributed by atoms with Crippen LogP contribution in [0.5, 0.6) is 11.5 Å². The van der Waals surface area contributed by atoms with Gasteiger partial charge >= 0.3 is 0 Å². The summed E-state index contributed by atoms with van der Waals surface area (Å²) in [6, 6.07) is 52.0. The van der Waals surface area contributed by atoms with Gasteiger partial charge in [-0.3, -0.25) is 4.57 Å². The van der Waals surface area contributed by atoms with E-state index < -0.39 is 0 Å². The maximum absolute atomic E-state index is 6.39. The van der Waals surface area contributed by atoms with Crippen LogP contribution in [0.15, 0.2) is 146 Å². The van der Waals surface area contributed by atoms with Crippen LogP contribution in [-0.2, 0) is 5.41 Å². The second-order valence-electron chi connectivity index (χ2n) is 14.6. The first kappa shape index (κ1) is 28.0. The molecule has 0 N–H and O–H groups in total. The van der Waals surface area contributed by atoms with Crippen molar-refractivity contribution in [2.75, 3.05) is 0 Å². The molecule has 3 aromatic heterocycles. The third kappa shape index (κ3) is 3.47. The molecule has 0 fully saturated rings. The molecule has 244 valence electrons. The van der Waals surface area contributed by atoms with Crippen LogP contribution in [0.2, 0.25) is 0 Å². The smallest absolute Gasteiger partial charge is 0.235 e. The molecule has 0 saturated carbocycles. The second-order valence-corrected chi connectivity index (χ2v) is 14.6. The fraction of sp³-hybridized carbons (Fsp3) is 0.0638. The molecule has 0 radical (unpaired) electrons. The average Bonchev–Trinajstić information content (AvgIpc) is 3.77. The number of para-hydroxylation sites is 3. The van der Waals surface area contributed by atoms with Crippen molar-refractivity contribution in [2.45, 2.75) is 19.3 Å². The number of aromatic nitrogens is 4. The van der Waals surface area contributed by atoms with E-state index >= 15 is 0 Å². The van der Waals surface area contributed by atoms with Crippen molar-refractivity contribution in [1.82, 2.24) is 19.1 Å². The Hall–Kier alpha value is -6.72. The summed E-state index contributed by atoms with van der Waals surface area (Å²) in [4.78, 5) is 10.9. The molecule has 1 aliphatic carbocycles. The molecule has 0 saturated heterocycles. The summed E-state index contributed by atoms with van der Waals surface area (Å²) < 4.78 is 11.1. The molecule has 2 aliphatic rings. The third-order valence-electron chi connectivity index (χ3n) is 11.5. The molecule has 0 spiro atoms. The summed E-state index contributed by atoms with van der Waals surface area (Å²) in [5, 5.41) is 5.68. The van der Waals surface area contributed by atoms with Gasteiger partial charge in [-0.25, -0.2) is 9.97 Å². The van der Waals surface area contributed by atoms with Crippen LogP contribution in [0.25, 0.3) is 88.5 Å². The molecule has 0 atom stereocenters. The summed E-state index contributed by atoms with van der Waals surface area (Å²) in [6.07, 6.45) is 0. The monoisotopic (exact) mass is 666 g/mol. The molecule has 0 bridgehead atoms. The van der Waals surface area contributed by atoms with E-state index in [1.807, 2.05) is 24.3 Å². The van der Waals surface area contributed by atoms with Gasteiger partial charge in [0.25, 0.3) is 0 Å². The molecule has 12 rings (SSSR count). The Morgan fingerprint density at radius 3 is 2.17 bits per heavy atom. The molecular formula is C47H30N4O. The number of rotatable bonds is 2. The fourth-order valence-corrected chi connectivity index (χ4v) is 9.20. The maximum atomic E-state index is 6.39. The molecular weight excluding hydrogens is 637 g/mol. The molecule has 52 heavy (non-hydrogen) atoms. The largest absolute Gasteiger partial charge is 0.456 e. The Morgan fingerprint density at radius 1 is 0.500 bits per heavy atom. The summed E-state index contributed by atoms with van der Waals surface area (Å²) in [6.45, 7) is 4.69. The van der Waals surface area contributed by atoms with E-state index in [-0.39, 0.29) is 5.41 Å². The minimum atomic E-state index is -0.165. The lowest BCUT2D eigenvalue weighted by Crippen LogP contribution is -2.15. The number of ether oxygens (including phenoxy) is 1. The molecule has 5 heteroatoms. The third-order valence-corrected chi connectivity index (χ3v) is 11.5. The quantitative estimate of drug-likeness (QED) is 0.184. The zero-order chi connectivity index (χ0) is 34.3. The molecule has 0 amide bonds. The van der Waals surface area contributed by atoms with E-state index in [1.165, 1.54) is 43.8 Å². The van der Waals surface area contributed by atoms with Gasteiger partial charge < -0.3 is 9.30 Å². The van der Waals surface area contributed by atoms with Crippen LogP contribution in [0.1, 0.15) is 25.0 Å². The lowest BCUT2D eigenvalue weighted by atomic mass is 9.82. The lowest BCUT2D eigenvalue weighted by molar-refractivity contribution is 0.486. The molecule has 4 heterocycles. The van der Waals surface area contributed by atoms with Gasteiger partial charge in [-0.05, 0) is 82.9 Å². The molecule has 0 unspecified atom stereocenters. The molecule has 7 aromatic carbocycles. The molecule has 5 nitrogen and oxygen atoms in total. The van der Waals surface area contributed by atoms with Crippen LogP contribution in [0.4, 0.5) is 0 Å². The summed E-state index contributed by atoms with van der Waals surface area (Å²) >= 11 is 0. The van der Waals surface area contributed by atoms with E-state index in [0.717, 1.165) is 61.4 Å². The summed E-state index contributed by atoms with van der Waals surface area (Å²) in [5.74, 6) is 2.24. The number of hydrogen-bond donors (Lipinski definition) is 0. The zero-order valence-electron chi connectivity index (χ0n) is 28.6. The van der Waals surface area contributed by atoms with E-state index in [4.69, 9.17) is 14.7 Å². The first-order valence-corrected chi connectivity index (χ1v) is 17.8. The van der Waals surface area contributed by atoms with Crippen molar-refractivity contribution in [3.8, 4) is 45.5 Å². The van der Waals surface area contributed by atoms with Crippen molar-refractivity contribution in [2.24, 2.45) is 0 Å². The van der Waals surface area contributed by atoms with Crippen LogP contribution in [0, 0.1) is 0 Å². The van der Waals surface area contributed by atoms with Gasteiger partial charge in [-0.1, -0.05) is 98.8 Å². The summed E-state index contributed by atoms with van der Waals surface area (Å²) in [5.41, 5.74) is 13.5. The van der Waals surface area contributed by atoms with Gasteiger partial charge in [0, 0.05) is 38.2 Å². The Morgan fingerprint density at radius 2 is 1.27 bits per heavy atom. The van der Waals surface area contributed by atoms with E-state index in [2.05, 4.69) is 144 Å². The normalized spacial score (nSPS) is 13.9. The van der Waals surface area contributed by atoms with Crippen molar-refractivity contribution in [1.29, 1.82) is 0 Å². The SMILES string of the molecule is CC1(C)c2ccccc2-c2cc3c4ccc5c(c6ccccc6n5-c5ccccc5)c4n(-c4nc5c6c(cccc6n4)Oc4ccccc4-5)c3cc21. The Bertz CT molecular complexity index is 3180. The van der Waals surface area contributed by atoms with E-state index in [0.29, 0.717) is 5.95 Å². The van der Waals surface area contributed by atoms with Crippen molar-refractivity contribution >= 4 is 54.5 Å². The van der Waals surface area contributed by atoms with Gasteiger partial charge in [0.2, 0.25) is 5.95 Å². The highest BCUT2D eigenvalue weighted by Crippen LogP contribution is 2.52. The molecule has 1 aliphatic heterocycles. The van der Waals surface area contributed by atoms with Crippen LogP contribution >= 0.6 is 0 Å². The van der Waals surface area contributed by atoms with Crippen LogP contribution in [0.3, 0.4) is 0 Å². The number of hydrogen-bond acceptors (Lipinski definition) is 3. The number of fused-ring (bicyclic) bond motifs is 12. The second kappa shape index (κ2) is 9.74. The predicted molar refractivity (Wildman–Crippen MR) is 211 cm³/mol. The Balaban J connectivity index is 1.29. The average molecular weight is 667 g/mol. The molecule has 10 aromatic rings. The maximum Gasteiger partial charge on any atom is 0.235 e. The first-order valence-electron chi connectivity index (χ1n) is 17.8. The highest BCUT2D eigenvalue weighted by molar-refractivity contribution is 6.26. The minimum Gasteiger partial charge on any atom is -0.456 e. The first-order chi connectivity index (χ1) is 25.6. The van der Waals surface area contributed by atoms with Crippen molar-refractivity contribution in [3.05, 3.63) is 157 Å². The topological polar surface area (TPSA) is 44.9 Å². The van der Waals surface area contributed by atoms with Crippen LogP contribution in [-0.4, -0.2) is 19.1 Å². The van der Waals surface area contributed by atoms with Gasteiger partial charge in [0.05, 0.1) is 38.7 Å². The standard InChI is InChI=1S/C47H30N4O/c1-47(2)34-18-9-6-15-28(34)32-25-33-29-23-24-38-42(30-16-7-10-20-37(30)50(38)27-13-4-3-5-14-27)45(29)51(39(33)26-35(32)47)46-48-36-19-12-22-41-43(36)44(49-46)31-17-8-11-21-40(31)52-41/h3-26H,1-2H3. The van der Waals surface area contributed by atoms with Gasteiger partial charge in [0.1, 0.15) is 11.5 Å². The fourth-order valence-electron chi connectivity index (χ4n) is 9.20. The lowest BCUT2D eigenvalue weighted by Gasteiger charge is -2.22. The Kier molecular flexibility index (Phi) is 5.25. The highest BCUT2D eigenvalue weighted by Gasteiger charge is 2.37. The zero-order valence-corrected chi connectivity index (χ0v) is 28.6. The van der Waals surface area contributed by atoms with Crippen molar-refractivity contribution < 1.29 is 4.74 Å². The van der Waals surface area contributed by atoms with Crippen molar-refractivity contribution in [3.63, 3.8) is 0 Å². The van der Waals surface area contributed by atoms with E-state index in [9.17, 15) is 0 Å². The number of nitrogens with zero attached hydrogens (tertiary/aromatic N) is 4. The summed E-state index contributed by atoms with van der Waals surface area (Å²) in [7, 11) is 0.